The number of benzene rings is 5. The number of hydrogen-bond acceptors (Lipinski definition) is 1. The summed E-state index contributed by atoms with van der Waals surface area (Å²) < 4.78 is 0. The lowest BCUT2D eigenvalue weighted by atomic mass is 9.90. The molecule has 1 N–H and O–H groups in total. The topological polar surface area (TPSA) is 20.2 Å². The second-order valence-corrected chi connectivity index (χ2v) is 8.78. The molecule has 0 aliphatic heterocycles. The van der Waals surface area contributed by atoms with E-state index in [0.29, 0.717) is 0 Å². The summed E-state index contributed by atoms with van der Waals surface area (Å²) in [7, 11) is 0. The van der Waals surface area contributed by atoms with Gasteiger partial charge in [0.1, 0.15) is 5.75 Å². The normalized spacial score (nSPS) is 11.6. The molecule has 0 spiro atoms. The van der Waals surface area contributed by atoms with E-state index >= 15 is 0 Å². The van der Waals surface area contributed by atoms with Crippen LogP contribution in [0, 0.1) is 0 Å². The monoisotopic (exact) mass is 476 g/mol. The fourth-order valence-electron chi connectivity index (χ4n) is 4.34. The van der Waals surface area contributed by atoms with E-state index in [1.165, 1.54) is 0 Å². The van der Waals surface area contributed by atoms with Crippen LogP contribution in [-0.2, 0) is 0 Å². The molecule has 0 amide bonds. The van der Waals surface area contributed by atoms with Crippen molar-refractivity contribution >= 4 is 36.5 Å². The Bertz CT molecular complexity index is 1540. The van der Waals surface area contributed by atoms with Crippen LogP contribution in [0.3, 0.4) is 0 Å². The fraction of sp³-hybridized carbons (Fsp3) is 0. The summed E-state index contributed by atoms with van der Waals surface area (Å²) in [6.45, 7) is 0. The third-order valence-corrected chi connectivity index (χ3v) is 6.25. The Hall–Kier alpha value is -4.88. The van der Waals surface area contributed by atoms with Crippen molar-refractivity contribution < 1.29 is 5.11 Å². The van der Waals surface area contributed by atoms with Gasteiger partial charge in [0, 0.05) is 5.56 Å². The van der Waals surface area contributed by atoms with Crippen LogP contribution in [-0.4, -0.2) is 5.11 Å². The highest BCUT2D eigenvalue weighted by Gasteiger charge is 2.13. The number of para-hydroxylation sites is 1. The lowest BCUT2D eigenvalue weighted by molar-refractivity contribution is 0.477. The van der Waals surface area contributed by atoms with E-state index < -0.39 is 0 Å². The predicted molar refractivity (Wildman–Crippen MR) is 160 cm³/mol. The minimum absolute atomic E-state index is 0.266. The molecule has 0 bridgehead atoms. The number of aromatic hydroxyl groups is 1. The Morgan fingerprint density at radius 2 is 0.811 bits per heavy atom. The van der Waals surface area contributed by atoms with Crippen LogP contribution in [0.1, 0.15) is 33.4 Å². The molecule has 0 atom stereocenters. The van der Waals surface area contributed by atoms with E-state index in [1.54, 1.807) is 6.07 Å². The van der Waals surface area contributed by atoms with E-state index in [-0.39, 0.29) is 5.75 Å². The van der Waals surface area contributed by atoms with Crippen LogP contribution < -0.4 is 0 Å². The molecule has 5 rings (SSSR count). The Morgan fingerprint density at radius 1 is 0.351 bits per heavy atom. The second kappa shape index (κ2) is 11.7. The van der Waals surface area contributed by atoms with Crippen molar-refractivity contribution in [2.75, 3.05) is 0 Å². The molecule has 0 unspecified atom stereocenters. The van der Waals surface area contributed by atoms with Gasteiger partial charge in [-0.1, -0.05) is 158 Å². The summed E-state index contributed by atoms with van der Waals surface area (Å²) in [5.74, 6) is 0.266. The van der Waals surface area contributed by atoms with Crippen LogP contribution in [0.2, 0.25) is 0 Å². The first kappa shape index (κ1) is 23.8. The third-order valence-electron chi connectivity index (χ3n) is 6.25. The van der Waals surface area contributed by atoms with E-state index in [2.05, 4.69) is 85.0 Å². The number of rotatable bonds is 7. The molecule has 0 fully saturated rings. The molecule has 5 aromatic carbocycles. The zero-order chi connectivity index (χ0) is 25.3. The first-order valence-electron chi connectivity index (χ1n) is 12.4. The zero-order valence-electron chi connectivity index (χ0n) is 20.5. The maximum Gasteiger partial charge on any atom is 0.123 e. The van der Waals surface area contributed by atoms with Gasteiger partial charge in [-0.15, -0.1) is 0 Å². The van der Waals surface area contributed by atoms with E-state index in [9.17, 15) is 5.11 Å². The molecule has 0 aromatic heterocycles. The molecule has 178 valence electrons. The Balaban J connectivity index is 1.71. The van der Waals surface area contributed by atoms with Crippen LogP contribution in [0.5, 0.6) is 5.75 Å². The summed E-state index contributed by atoms with van der Waals surface area (Å²) in [6, 6.07) is 42.7. The summed E-state index contributed by atoms with van der Waals surface area (Å²) >= 11 is 0. The van der Waals surface area contributed by atoms with Gasteiger partial charge >= 0.3 is 0 Å². The summed E-state index contributed by atoms with van der Waals surface area (Å²) in [5, 5.41) is 10.7. The molecule has 5 aromatic rings. The first-order valence-corrected chi connectivity index (χ1v) is 12.4. The van der Waals surface area contributed by atoms with Crippen molar-refractivity contribution in [1.29, 1.82) is 0 Å². The summed E-state index contributed by atoms with van der Waals surface area (Å²) in [4.78, 5) is 0. The maximum absolute atomic E-state index is 10.7. The first-order chi connectivity index (χ1) is 18.3. The van der Waals surface area contributed by atoms with Crippen LogP contribution in [0.4, 0.5) is 0 Å². The van der Waals surface area contributed by atoms with E-state index in [0.717, 1.165) is 44.5 Å². The average molecular weight is 477 g/mol. The van der Waals surface area contributed by atoms with Crippen molar-refractivity contribution in [2.45, 2.75) is 0 Å². The van der Waals surface area contributed by atoms with Crippen molar-refractivity contribution in [3.8, 4) is 16.9 Å². The van der Waals surface area contributed by atoms with Gasteiger partial charge in [0.25, 0.3) is 0 Å². The van der Waals surface area contributed by atoms with Gasteiger partial charge in [0.15, 0.2) is 0 Å². The standard InChI is InChI=1S/C36H28O/c37-36-19-11-10-18-35(36)34-27-24-31(23-20-28-12-4-1-5-13-28)32(25-21-29-14-6-2-7-15-29)33(34)26-22-30-16-8-3-9-17-30/h1-27,37H. The van der Waals surface area contributed by atoms with Gasteiger partial charge in [-0.2, -0.15) is 0 Å². The van der Waals surface area contributed by atoms with Crippen molar-refractivity contribution in [2.24, 2.45) is 0 Å². The maximum atomic E-state index is 10.7. The van der Waals surface area contributed by atoms with Gasteiger partial charge in [-0.25, -0.2) is 0 Å². The molecular weight excluding hydrogens is 448 g/mol. The Kier molecular flexibility index (Phi) is 7.54. The Labute approximate surface area is 219 Å². The number of hydrogen-bond donors (Lipinski definition) is 1. The molecule has 37 heavy (non-hydrogen) atoms. The highest BCUT2D eigenvalue weighted by atomic mass is 16.3. The highest BCUT2D eigenvalue weighted by Crippen LogP contribution is 2.36. The number of phenolic OH excluding ortho intramolecular Hbond substituents is 1. The third kappa shape index (κ3) is 6.04. The van der Waals surface area contributed by atoms with Crippen LogP contribution in [0.25, 0.3) is 47.6 Å². The molecule has 0 aliphatic carbocycles. The largest absolute Gasteiger partial charge is 0.507 e. The summed E-state index contributed by atoms with van der Waals surface area (Å²) in [5.41, 5.74) is 8.42. The molecule has 0 saturated heterocycles. The fourth-order valence-corrected chi connectivity index (χ4v) is 4.34. The SMILES string of the molecule is Oc1ccccc1-c1ccc(C=Cc2ccccc2)c(C=Cc2ccccc2)c1C=Cc1ccccc1. The zero-order valence-corrected chi connectivity index (χ0v) is 20.5. The Morgan fingerprint density at radius 3 is 1.35 bits per heavy atom. The van der Waals surface area contributed by atoms with E-state index in [1.807, 2.05) is 72.8 Å². The van der Waals surface area contributed by atoms with Gasteiger partial charge in [-0.3, -0.25) is 0 Å². The molecule has 1 nitrogen and oxygen atoms in total. The highest BCUT2D eigenvalue weighted by molar-refractivity contribution is 5.92. The number of phenols is 1. The lowest BCUT2D eigenvalue weighted by Gasteiger charge is -2.15. The second-order valence-electron chi connectivity index (χ2n) is 8.78. The van der Waals surface area contributed by atoms with Crippen LogP contribution in [0.15, 0.2) is 127 Å². The van der Waals surface area contributed by atoms with Crippen molar-refractivity contribution in [3.05, 3.63) is 161 Å². The molecule has 0 saturated carbocycles. The molecule has 0 aliphatic rings. The van der Waals surface area contributed by atoms with Gasteiger partial charge in [-0.05, 0) is 45.0 Å². The molecule has 0 heterocycles. The van der Waals surface area contributed by atoms with Gasteiger partial charge in [0.05, 0.1) is 0 Å². The minimum atomic E-state index is 0.266. The van der Waals surface area contributed by atoms with Crippen molar-refractivity contribution in [1.82, 2.24) is 0 Å². The predicted octanol–water partition coefficient (Wildman–Crippen LogP) is 9.57. The van der Waals surface area contributed by atoms with Gasteiger partial charge in [0.2, 0.25) is 0 Å². The van der Waals surface area contributed by atoms with E-state index in [4.69, 9.17) is 0 Å². The van der Waals surface area contributed by atoms with Crippen molar-refractivity contribution in [3.63, 3.8) is 0 Å². The average Bonchev–Trinajstić information content (AvgIpc) is 2.96. The molecular formula is C36H28O. The van der Waals surface area contributed by atoms with Gasteiger partial charge < -0.3 is 5.11 Å². The minimum Gasteiger partial charge on any atom is -0.507 e. The van der Waals surface area contributed by atoms with Crippen LogP contribution >= 0.6 is 0 Å². The molecule has 1 heteroatoms. The smallest absolute Gasteiger partial charge is 0.123 e. The quantitative estimate of drug-likeness (QED) is 0.232. The molecule has 0 radical (unpaired) electrons. The summed E-state index contributed by atoms with van der Waals surface area (Å²) in [6.07, 6.45) is 12.9. The lowest BCUT2D eigenvalue weighted by Crippen LogP contribution is -1.93.